The van der Waals surface area contributed by atoms with Gasteiger partial charge >= 0.3 is 0 Å². The Bertz CT molecular complexity index is 1240. The van der Waals surface area contributed by atoms with Crippen molar-refractivity contribution in [3.63, 3.8) is 0 Å². The minimum atomic E-state index is -0.423. The predicted octanol–water partition coefficient (Wildman–Crippen LogP) is 7.08. The minimum Gasteiger partial charge on any atom is -0.371 e. The number of anilines is 1. The van der Waals surface area contributed by atoms with Crippen molar-refractivity contribution in [2.24, 2.45) is 0 Å². The number of aromatic nitrogens is 1. The molecule has 0 bridgehead atoms. The fourth-order valence-corrected chi connectivity index (χ4v) is 5.00. The molecule has 4 rings (SSSR count). The predicted molar refractivity (Wildman–Crippen MR) is 130 cm³/mol. The Labute approximate surface area is 199 Å². The average Bonchev–Trinajstić information content (AvgIpc) is 3.27. The van der Waals surface area contributed by atoms with Crippen molar-refractivity contribution in [3.05, 3.63) is 72.5 Å². The van der Waals surface area contributed by atoms with Crippen LogP contribution in [0.15, 0.2) is 41.8 Å². The van der Waals surface area contributed by atoms with Crippen LogP contribution in [-0.4, -0.2) is 23.0 Å². The van der Waals surface area contributed by atoms with Gasteiger partial charge in [0.25, 0.3) is 5.69 Å². The first kappa shape index (κ1) is 22.3. The summed E-state index contributed by atoms with van der Waals surface area (Å²) >= 11 is 13.6. The van der Waals surface area contributed by atoms with E-state index >= 15 is 0 Å². The van der Waals surface area contributed by atoms with E-state index in [0.29, 0.717) is 31.9 Å². The van der Waals surface area contributed by atoms with E-state index in [4.69, 9.17) is 23.2 Å². The molecule has 0 atom stereocenters. The number of rotatable bonds is 5. The number of non-ortho nitro benzene ring substituents is 1. The number of hydrogen-bond donors (Lipinski definition) is 0. The first-order valence-electron chi connectivity index (χ1n) is 10.0. The fraction of sp³-hybridized carbons (Fsp3) is 0.217. The quantitative estimate of drug-likeness (QED) is 0.219. The number of piperidine rings is 1. The van der Waals surface area contributed by atoms with E-state index in [2.05, 4.69) is 16.0 Å². The number of benzene rings is 2. The topological polar surface area (TPSA) is 83.1 Å². The number of allylic oxidation sites excluding steroid dienone is 1. The smallest absolute Gasteiger partial charge is 0.270 e. The summed E-state index contributed by atoms with van der Waals surface area (Å²) in [5, 5.41) is 24.6. The molecule has 3 aromatic rings. The molecule has 0 aliphatic carbocycles. The van der Waals surface area contributed by atoms with Crippen LogP contribution in [0.25, 0.3) is 22.9 Å². The minimum absolute atomic E-state index is 0.0120. The van der Waals surface area contributed by atoms with Gasteiger partial charge in [-0.2, -0.15) is 5.26 Å². The maximum absolute atomic E-state index is 11.4. The lowest BCUT2D eigenvalue weighted by molar-refractivity contribution is -0.384. The number of nitro groups is 1. The number of thiazole rings is 1. The van der Waals surface area contributed by atoms with Crippen molar-refractivity contribution in [1.82, 2.24) is 4.98 Å². The van der Waals surface area contributed by atoms with Gasteiger partial charge < -0.3 is 4.90 Å². The van der Waals surface area contributed by atoms with E-state index in [-0.39, 0.29) is 5.69 Å². The van der Waals surface area contributed by atoms with Crippen molar-refractivity contribution in [1.29, 1.82) is 5.26 Å². The van der Waals surface area contributed by atoms with Crippen LogP contribution in [0.2, 0.25) is 10.0 Å². The summed E-state index contributed by atoms with van der Waals surface area (Å²) in [4.78, 5) is 17.7. The fourth-order valence-electron chi connectivity index (χ4n) is 3.71. The highest BCUT2D eigenvalue weighted by Gasteiger charge is 2.19. The van der Waals surface area contributed by atoms with Crippen molar-refractivity contribution in [2.75, 3.05) is 18.0 Å². The number of nitriles is 1. The van der Waals surface area contributed by atoms with Gasteiger partial charge in [-0.05, 0) is 49.6 Å². The lowest BCUT2D eigenvalue weighted by atomic mass is 10.0. The highest BCUT2D eigenvalue weighted by Crippen LogP contribution is 2.35. The molecule has 0 saturated carbocycles. The molecule has 1 aliphatic heterocycles. The summed E-state index contributed by atoms with van der Waals surface area (Å²) in [6.07, 6.45) is 5.00. The molecule has 0 amide bonds. The summed E-state index contributed by atoms with van der Waals surface area (Å²) in [5.41, 5.74) is 3.22. The average molecular weight is 485 g/mol. The van der Waals surface area contributed by atoms with Gasteiger partial charge in [-0.1, -0.05) is 23.2 Å². The number of hydrogen-bond acceptors (Lipinski definition) is 6. The Hall–Kier alpha value is -2.92. The maximum Gasteiger partial charge on any atom is 0.270 e. The third-order valence-electron chi connectivity index (χ3n) is 5.28. The van der Waals surface area contributed by atoms with Crippen molar-refractivity contribution in [2.45, 2.75) is 19.3 Å². The second-order valence-electron chi connectivity index (χ2n) is 7.38. The molecule has 9 heteroatoms. The molecule has 1 saturated heterocycles. The van der Waals surface area contributed by atoms with E-state index in [1.807, 2.05) is 5.38 Å². The normalized spacial score (nSPS) is 14.3. The first-order chi connectivity index (χ1) is 15.5. The van der Waals surface area contributed by atoms with Crippen LogP contribution in [-0.2, 0) is 0 Å². The zero-order valence-electron chi connectivity index (χ0n) is 16.9. The van der Waals surface area contributed by atoms with Crippen LogP contribution in [0, 0.1) is 21.4 Å². The molecule has 0 unspecified atom stereocenters. The monoisotopic (exact) mass is 484 g/mol. The molecule has 1 aliphatic rings. The van der Waals surface area contributed by atoms with Gasteiger partial charge in [0.05, 0.1) is 21.2 Å². The van der Waals surface area contributed by atoms with Crippen LogP contribution in [0.5, 0.6) is 0 Å². The van der Waals surface area contributed by atoms with Crippen LogP contribution >= 0.6 is 34.5 Å². The van der Waals surface area contributed by atoms with Crippen LogP contribution in [0.4, 0.5) is 11.4 Å². The molecule has 2 heterocycles. The third-order valence-corrected chi connectivity index (χ3v) is 6.70. The molecular weight excluding hydrogens is 467 g/mol. The van der Waals surface area contributed by atoms with E-state index in [1.165, 1.54) is 29.9 Å². The van der Waals surface area contributed by atoms with Crippen molar-refractivity contribution < 1.29 is 4.92 Å². The van der Waals surface area contributed by atoms with Crippen molar-refractivity contribution >= 4 is 57.6 Å². The van der Waals surface area contributed by atoms with Gasteiger partial charge in [-0.25, -0.2) is 4.98 Å². The highest BCUT2D eigenvalue weighted by molar-refractivity contribution is 7.11. The van der Waals surface area contributed by atoms with Gasteiger partial charge in [0.15, 0.2) is 0 Å². The summed E-state index contributed by atoms with van der Waals surface area (Å²) < 4.78 is 0. The molecule has 0 N–H and O–H groups in total. The largest absolute Gasteiger partial charge is 0.371 e. The second-order valence-corrected chi connectivity index (χ2v) is 9.08. The summed E-state index contributed by atoms with van der Waals surface area (Å²) in [5.74, 6) is 0. The first-order valence-corrected chi connectivity index (χ1v) is 11.7. The lowest BCUT2D eigenvalue weighted by Gasteiger charge is -2.30. The Morgan fingerprint density at radius 1 is 1.19 bits per heavy atom. The SMILES string of the molecule is N#CC(=Cc1cc([N+](=O)[O-])ccc1N1CCCCC1)c1nc(-c2ccc(Cl)cc2Cl)cs1. The van der Waals surface area contributed by atoms with Crippen molar-refractivity contribution in [3.8, 4) is 17.3 Å². The number of nitro benzene ring substituents is 1. The second kappa shape index (κ2) is 9.70. The number of halogens is 2. The summed E-state index contributed by atoms with van der Waals surface area (Å²) in [7, 11) is 0. The molecule has 162 valence electrons. The van der Waals surface area contributed by atoms with Gasteiger partial charge in [0.2, 0.25) is 0 Å². The van der Waals surface area contributed by atoms with E-state index in [9.17, 15) is 15.4 Å². The third kappa shape index (κ3) is 4.78. The van der Waals surface area contributed by atoms with Gasteiger partial charge in [0, 0.05) is 52.4 Å². The lowest BCUT2D eigenvalue weighted by Crippen LogP contribution is -2.29. The molecule has 1 aromatic heterocycles. The number of nitrogens with zero attached hydrogens (tertiary/aromatic N) is 4. The summed E-state index contributed by atoms with van der Waals surface area (Å²) in [6, 6.07) is 12.2. The Kier molecular flexibility index (Phi) is 6.75. The van der Waals surface area contributed by atoms with E-state index in [0.717, 1.165) is 37.2 Å². The van der Waals surface area contributed by atoms with Crippen LogP contribution in [0.1, 0.15) is 29.8 Å². The Morgan fingerprint density at radius 2 is 1.97 bits per heavy atom. The standard InChI is InChI=1S/C23H18Cl2N4O2S/c24-17-4-6-19(20(25)12-17)21-14-32-23(27-21)16(13-26)10-15-11-18(29(30)31)5-7-22(15)28-8-2-1-3-9-28/h4-7,10-12,14H,1-3,8-9H2. The van der Waals surface area contributed by atoms with Gasteiger partial charge in [-0.15, -0.1) is 11.3 Å². The van der Waals surface area contributed by atoms with Crippen LogP contribution in [0.3, 0.4) is 0 Å². The summed E-state index contributed by atoms with van der Waals surface area (Å²) in [6.45, 7) is 1.77. The highest BCUT2D eigenvalue weighted by atomic mass is 35.5. The molecular formula is C23H18Cl2N4O2S. The van der Waals surface area contributed by atoms with E-state index in [1.54, 1.807) is 30.3 Å². The molecule has 6 nitrogen and oxygen atoms in total. The Balaban J connectivity index is 1.75. The maximum atomic E-state index is 11.4. The van der Waals surface area contributed by atoms with Gasteiger partial charge in [0.1, 0.15) is 11.1 Å². The zero-order chi connectivity index (χ0) is 22.7. The van der Waals surface area contributed by atoms with E-state index < -0.39 is 4.92 Å². The molecule has 0 radical (unpaired) electrons. The molecule has 32 heavy (non-hydrogen) atoms. The van der Waals surface area contributed by atoms with Crippen LogP contribution < -0.4 is 4.90 Å². The Morgan fingerprint density at radius 3 is 2.66 bits per heavy atom. The molecule has 1 fully saturated rings. The van der Waals surface area contributed by atoms with Gasteiger partial charge in [-0.3, -0.25) is 10.1 Å². The molecule has 2 aromatic carbocycles. The zero-order valence-corrected chi connectivity index (χ0v) is 19.3. The molecule has 0 spiro atoms.